The predicted molar refractivity (Wildman–Crippen MR) is 105 cm³/mol. The van der Waals surface area contributed by atoms with Gasteiger partial charge in [-0.15, -0.1) is 6.58 Å². The molecule has 1 aromatic rings. The number of likely N-dealkylation sites (N-methyl/N-ethyl adjacent to an activating group) is 1. The number of hydrogen-bond acceptors (Lipinski definition) is 4. The molecule has 0 aliphatic carbocycles. The van der Waals surface area contributed by atoms with Crippen LogP contribution in [-0.2, 0) is 6.54 Å². The maximum atomic E-state index is 5.88. The van der Waals surface area contributed by atoms with Gasteiger partial charge in [-0.05, 0) is 30.8 Å². The highest BCUT2D eigenvalue weighted by Gasteiger charge is 2.07. The van der Waals surface area contributed by atoms with Crippen LogP contribution in [0.5, 0.6) is 11.5 Å². The minimum Gasteiger partial charge on any atom is -0.493 e. The van der Waals surface area contributed by atoms with Crippen molar-refractivity contribution in [2.45, 2.75) is 20.4 Å². The summed E-state index contributed by atoms with van der Waals surface area (Å²) in [5.74, 6) is 2.25. The molecule has 0 radical (unpaired) electrons. The molecule has 0 heterocycles. The summed E-state index contributed by atoms with van der Waals surface area (Å²) < 4.78 is 11.4. The van der Waals surface area contributed by atoms with Crippen LogP contribution < -0.4 is 20.1 Å². The van der Waals surface area contributed by atoms with Crippen molar-refractivity contribution in [3.63, 3.8) is 0 Å². The lowest BCUT2D eigenvalue weighted by atomic mass is 10.2. The van der Waals surface area contributed by atoms with Crippen molar-refractivity contribution in [3.05, 3.63) is 36.4 Å². The largest absolute Gasteiger partial charge is 0.493 e. The van der Waals surface area contributed by atoms with E-state index in [-0.39, 0.29) is 0 Å². The molecule has 0 saturated heterocycles. The lowest BCUT2D eigenvalue weighted by molar-refractivity contribution is 0.217. The maximum absolute atomic E-state index is 5.88. The minimum atomic E-state index is 0.646. The van der Waals surface area contributed by atoms with Crippen LogP contribution in [0.25, 0.3) is 0 Å². The van der Waals surface area contributed by atoms with E-state index in [4.69, 9.17) is 9.47 Å². The van der Waals surface area contributed by atoms with Crippen LogP contribution in [-0.4, -0.2) is 57.8 Å². The zero-order valence-corrected chi connectivity index (χ0v) is 16.0. The predicted octanol–water partition coefficient (Wildman–Crippen LogP) is 2.27. The number of methoxy groups -OCH3 is 1. The molecule has 0 saturated carbocycles. The number of guanidine groups is 1. The number of nitrogens with zero attached hydrogens (tertiary/aromatic N) is 2. The van der Waals surface area contributed by atoms with Crippen molar-refractivity contribution < 1.29 is 9.47 Å². The highest BCUT2D eigenvalue weighted by atomic mass is 16.5. The Kier molecular flexibility index (Phi) is 10.2. The molecule has 0 unspecified atom stereocenters. The number of ether oxygens (including phenoxy) is 2. The Morgan fingerprint density at radius 2 is 2.00 bits per heavy atom. The van der Waals surface area contributed by atoms with Gasteiger partial charge in [-0.1, -0.05) is 26.0 Å². The molecule has 140 valence electrons. The van der Waals surface area contributed by atoms with Gasteiger partial charge in [-0.25, -0.2) is 0 Å². The quantitative estimate of drug-likeness (QED) is 0.365. The molecule has 0 fully saturated rings. The van der Waals surface area contributed by atoms with Crippen molar-refractivity contribution >= 4 is 5.96 Å². The Hall–Kier alpha value is -2.21. The summed E-state index contributed by atoms with van der Waals surface area (Å²) in [4.78, 5) is 6.49. The SMILES string of the molecule is C=CCNC(=NC)NCc1ccc(OCCN(CC)CC)c(OC)c1. The first-order valence-electron chi connectivity index (χ1n) is 8.75. The number of aliphatic imine (C=N–C) groups is 1. The van der Waals surface area contributed by atoms with Crippen LogP contribution in [0.1, 0.15) is 19.4 Å². The van der Waals surface area contributed by atoms with Crippen LogP contribution >= 0.6 is 0 Å². The summed E-state index contributed by atoms with van der Waals surface area (Å²) in [6.07, 6.45) is 1.79. The Bertz CT molecular complexity index is 542. The van der Waals surface area contributed by atoms with Crippen molar-refractivity contribution in [1.29, 1.82) is 0 Å². The normalized spacial score (nSPS) is 11.3. The van der Waals surface area contributed by atoms with Gasteiger partial charge in [0.1, 0.15) is 6.61 Å². The number of hydrogen-bond donors (Lipinski definition) is 2. The number of rotatable bonds is 11. The average Bonchev–Trinajstić information content (AvgIpc) is 2.66. The average molecular weight is 348 g/mol. The second kappa shape index (κ2) is 12.2. The van der Waals surface area contributed by atoms with E-state index < -0.39 is 0 Å². The smallest absolute Gasteiger partial charge is 0.191 e. The first-order valence-corrected chi connectivity index (χ1v) is 8.75. The third-order valence-electron chi connectivity index (χ3n) is 3.88. The first-order chi connectivity index (χ1) is 12.2. The lowest BCUT2D eigenvalue weighted by Crippen LogP contribution is -2.36. The van der Waals surface area contributed by atoms with Gasteiger partial charge in [0.05, 0.1) is 7.11 Å². The second-order valence-electron chi connectivity index (χ2n) is 5.46. The standard InChI is InChI=1S/C19H32N4O2/c1-6-11-21-19(20-4)22-15-16-9-10-17(18(14-16)24-5)25-13-12-23(7-2)8-3/h6,9-10,14H,1,7-8,11-13,15H2,2-5H3,(H2,20,21,22). The van der Waals surface area contributed by atoms with E-state index in [1.807, 2.05) is 18.2 Å². The van der Waals surface area contributed by atoms with Gasteiger partial charge in [0.25, 0.3) is 0 Å². The van der Waals surface area contributed by atoms with Crippen molar-refractivity contribution in [2.24, 2.45) is 4.99 Å². The summed E-state index contributed by atoms with van der Waals surface area (Å²) in [5, 5.41) is 6.39. The van der Waals surface area contributed by atoms with Crippen molar-refractivity contribution in [2.75, 3.05) is 46.9 Å². The third kappa shape index (κ3) is 7.47. The summed E-state index contributed by atoms with van der Waals surface area (Å²) in [6.45, 7) is 12.9. The molecule has 6 nitrogen and oxygen atoms in total. The van der Waals surface area contributed by atoms with Gasteiger partial charge < -0.3 is 25.0 Å². The molecule has 25 heavy (non-hydrogen) atoms. The fraction of sp³-hybridized carbons (Fsp3) is 0.526. The topological polar surface area (TPSA) is 58.1 Å². The minimum absolute atomic E-state index is 0.646. The molecule has 0 aromatic heterocycles. The Morgan fingerprint density at radius 1 is 1.24 bits per heavy atom. The molecule has 0 aliphatic rings. The van der Waals surface area contributed by atoms with Gasteiger partial charge in [-0.3, -0.25) is 4.99 Å². The van der Waals surface area contributed by atoms with Crippen LogP contribution in [0.2, 0.25) is 0 Å². The lowest BCUT2D eigenvalue weighted by Gasteiger charge is -2.19. The molecule has 0 spiro atoms. The Labute approximate surface area is 151 Å². The van der Waals surface area contributed by atoms with Crippen LogP contribution in [0.4, 0.5) is 0 Å². The van der Waals surface area contributed by atoms with Crippen molar-refractivity contribution in [1.82, 2.24) is 15.5 Å². The molecule has 0 amide bonds. The Balaban J connectivity index is 2.60. The second-order valence-corrected chi connectivity index (χ2v) is 5.46. The zero-order chi connectivity index (χ0) is 18.5. The van der Waals surface area contributed by atoms with E-state index in [1.165, 1.54) is 0 Å². The molecule has 2 N–H and O–H groups in total. The Morgan fingerprint density at radius 3 is 2.60 bits per heavy atom. The molecule has 1 aromatic carbocycles. The molecule has 1 rings (SSSR count). The summed E-state index contributed by atoms with van der Waals surface area (Å²) in [7, 11) is 3.40. The van der Waals surface area contributed by atoms with Gasteiger partial charge >= 0.3 is 0 Å². The number of benzene rings is 1. The third-order valence-corrected chi connectivity index (χ3v) is 3.88. The zero-order valence-electron chi connectivity index (χ0n) is 16.0. The summed E-state index contributed by atoms with van der Waals surface area (Å²) >= 11 is 0. The van der Waals surface area contributed by atoms with Crippen molar-refractivity contribution in [3.8, 4) is 11.5 Å². The fourth-order valence-electron chi connectivity index (χ4n) is 2.34. The molecule has 6 heteroatoms. The molecule has 0 bridgehead atoms. The van der Waals surface area contributed by atoms with Gasteiger partial charge in [-0.2, -0.15) is 0 Å². The van der Waals surface area contributed by atoms with Crippen LogP contribution in [0, 0.1) is 0 Å². The van der Waals surface area contributed by atoms with E-state index in [0.717, 1.165) is 42.7 Å². The van der Waals surface area contributed by atoms with Gasteiger partial charge in [0.15, 0.2) is 17.5 Å². The summed E-state index contributed by atoms with van der Waals surface area (Å²) in [6, 6.07) is 5.97. The fourth-order valence-corrected chi connectivity index (χ4v) is 2.34. The van der Waals surface area contributed by atoms with E-state index in [9.17, 15) is 0 Å². The van der Waals surface area contributed by atoms with E-state index >= 15 is 0 Å². The number of nitrogens with one attached hydrogen (secondary N) is 2. The van der Waals surface area contributed by atoms with E-state index in [1.54, 1.807) is 20.2 Å². The summed E-state index contributed by atoms with van der Waals surface area (Å²) in [5.41, 5.74) is 1.09. The van der Waals surface area contributed by atoms with E-state index in [2.05, 4.69) is 41.0 Å². The van der Waals surface area contributed by atoms with E-state index in [0.29, 0.717) is 19.7 Å². The molecular weight excluding hydrogens is 316 g/mol. The maximum Gasteiger partial charge on any atom is 0.191 e. The molecule has 0 aliphatic heterocycles. The van der Waals surface area contributed by atoms with Crippen LogP contribution in [0.3, 0.4) is 0 Å². The van der Waals surface area contributed by atoms with Gasteiger partial charge in [0, 0.05) is 26.7 Å². The molecular formula is C19H32N4O2. The molecule has 0 atom stereocenters. The highest BCUT2D eigenvalue weighted by Crippen LogP contribution is 2.28. The monoisotopic (exact) mass is 348 g/mol. The first kappa shape index (κ1) is 20.8. The van der Waals surface area contributed by atoms with Gasteiger partial charge in [0.2, 0.25) is 0 Å². The van der Waals surface area contributed by atoms with Crippen LogP contribution in [0.15, 0.2) is 35.8 Å². The highest BCUT2D eigenvalue weighted by molar-refractivity contribution is 5.79.